The van der Waals surface area contributed by atoms with E-state index in [0.29, 0.717) is 23.1 Å². The topological polar surface area (TPSA) is 111 Å². The van der Waals surface area contributed by atoms with Crippen LogP contribution in [0.4, 0.5) is 11.4 Å². The number of aromatic nitrogens is 1. The van der Waals surface area contributed by atoms with Crippen molar-refractivity contribution in [1.29, 1.82) is 0 Å². The molecular formula is C28H23N3O5. The number of nitrogens with zero attached hydrogens (tertiary/aromatic N) is 2. The number of benzene rings is 3. The Labute approximate surface area is 206 Å². The number of nitro groups is 1. The van der Waals surface area contributed by atoms with E-state index in [0.717, 1.165) is 23.1 Å². The monoisotopic (exact) mass is 481 g/mol. The fourth-order valence-corrected chi connectivity index (χ4v) is 3.94. The zero-order valence-corrected chi connectivity index (χ0v) is 19.7. The number of amides is 1. The number of para-hydroxylation sites is 1. The third kappa shape index (κ3) is 4.48. The van der Waals surface area contributed by atoms with Crippen molar-refractivity contribution < 1.29 is 18.6 Å². The van der Waals surface area contributed by atoms with Gasteiger partial charge in [0.05, 0.1) is 10.5 Å². The Morgan fingerprint density at radius 3 is 2.56 bits per heavy atom. The Kier molecular flexibility index (Phi) is 6.08. The number of furan rings is 1. The third-order valence-electron chi connectivity index (χ3n) is 6.18. The highest BCUT2D eigenvalue weighted by Gasteiger charge is 2.19. The standard InChI is InChI=1S/C28H23N3O5/c1-3-17(2)19-10-13-25-22(16-19)30-28(36-25)18-8-11-20(12-9-18)29-27(32)26-15-14-24(35-26)21-6-4-5-7-23(21)31(33)34/h4-17H,3H2,1-2H3,(H,29,32). The van der Waals surface area contributed by atoms with Crippen LogP contribution in [-0.2, 0) is 0 Å². The molecule has 0 aliphatic rings. The first-order valence-corrected chi connectivity index (χ1v) is 11.6. The summed E-state index contributed by atoms with van der Waals surface area (Å²) in [7, 11) is 0. The maximum Gasteiger partial charge on any atom is 0.291 e. The maximum atomic E-state index is 12.7. The molecule has 5 rings (SSSR count). The first-order valence-electron chi connectivity index (χ1n) is 11.6. The number of hydrogen-bond acceptors (Lipinski definition) is 6. The molecule has 1 unspecified atom stereocenters. The van der Waals surface area contributed by atoms with Crippen LogP contribution in [-0.4, -0.2) is 15.8 Å². The highest BCUT2D eigenvalue weighted by atomic mass is 16.6. The molecule has 0 saturated carbocycles. The normalized spacial score (nSPS) is 11.9. The van der Waals surface area contributed by atoms with Gasteiger partial charge in [0.2, 0.25) is 5.89 Å². The third-order valence-corrected chi connectivity index (χ3v) is 6.18. The lowest BCUT2D eigenvalue weighted by Gasteiger charge is -2.07. The highest BCUT2D eigenvalue weighted by molar-refractivity contribution is 6.02. The first kappa shape index (κ1) is 23.0. The van der Waals surface area contributed by atoms with Crippen LogP contribution < -0.4 is 5.32 Å². The quantitative estimate of drug-likeness (QED) is 0.191. The molecule has 0 spiro atoms. The summed E-state index contributed by atoms with van der Waals surface area (Å²) in [5.74, 6) is 0.778. The van der Waals surface area contributed by atoms with Crippen LogP contribution >= 0.6 is 0 Å². The van der Waals surface area contributed by atoms with Gasteiger partial charge >= 0.3 is 0 Å². The van der Waals surface area contributed by atoms with Crippen molar-refractivity contribution in [2.75, 3.05) is 5.32 Å². The van der Waals surface area contributed by atoms with Gasteiger partial charge in [-0.05, 0) is 72.5 Å². The van der Waals surface area contributed by atoms with Gasteiger partial charge in [0.25, 0.3) is 11.6 Å². The van der Waals surface area contributed by atoms with Gasteiger partial charge in [-0.1, -0.05) is 32.0 Å². The van der Waals surface area contributed by atoms with Crippen molar-refractivity contribution in [2.24, 2.45) is 0 Å². The minimum absolute atomic E-state index is 0.0447. The van der Waals surface area contributed by atoms with E-state index in [-0.39, 0.29) is 17.2 Å². The van der Waals surface area contributed by atoms with Crippen molar-refractivity contribution >= 4 is 28.4 Å². The van der Waals surface area contributed by atoms with E-state index in [1.165, 1.54) is 17.7 Å². The lowest BCUT2D eigenvalue weighted by Crippen LogP contribution is -2.10. The second-order valence-electron chi connectivity index (χ2n) is 8.53. The van der Waals surface area contributed by atoms with Crippen LogP contribution in [0.3, 0.4) is 0 Å². The van der Waals surface area contributed by atoms with E-state index in [2.05, 4.69) is 36.3 Å². The minimum atomic E-state index is -0.485. The Balaban J connectivity index is 1.31. The smallest absolute Gasteiger partial charge is 0.291 e. The molecule has 36 heavy (non-hydrogen) atoms. The highest BCUT2D eigenvalue weighted by Crippen LogP contribution is 2.32. The summed E-state index contributed by atoms with van der Waals surface area (Å²) in [6.07, 6.45) is 1.05. The first-order chi connectivity index (χ1) is 17.4. The molecule has 180 valence electrons. The lowest BCUT2D eigenvalue weighted by atomic mass is 9.98. The van der Waals surface area contributed by atoms with Crippen molar-refractivity contribution in [3.05, 3.63) is 100 Å². The Morgan fingerprint density at radius 1 is 1.03 bits per heavy atom. The molecule has 1 N–H and O–H groups in total. The number of oxazole rings is 1. The summed E-state index contributed by atoms with van der Waals surface area (Å²) >= 11 is 0. The molecule has 5 aromatic rings. The van der Waals surface area contributed by atoms with Crippen LogP contribution in [0.1, 0.15) is 42.3 Å². The lowest BCUT2D eigenvalue weighted by molar-refractivity contribution is -0.384. The molecule has 2 aromatic heterocycles. The van der Waals surface area contributed by atoms with Gasteiger partial charge in [-0.25, -0.2) is 4.98 Å². The van der Waals surface area contributed by atoms with E-state index in [9.17, 15) is 14.9 Å². The predicted molar refractivity (Wildman–Crippen MR) is 137 cm³/mol. The fourth-order valence-electron chi connectivity index (χ4n) is 3.94. The van der Waals surface area contributed by atoms with Crippen molar-refractivity contribution in [2.45, 2.75) is 26.2 Å². The van der Waals surface area contributed by atoms with E-state index in [4.69, 9.17) is 8.83 Å². The number of rotatable bonds is 7. The molecule has 8 nitrogen and oxygen atoms in total. The minimum Gasteiger partial charge on any atom is -0.451 e. The number of hydrogen-bond donors (Lipinski definition) is 1. The number of fused-ring (bicyclic) bond motifs is 1. The Bertz CT molecular complexity index is 1570. The van der Waals surface area contributed by atoms with E-state index in [1.807, 2.05) is 18.2 Å². The van der Waals surface area contributed by atoms with Gasteiger partial charge in [0.15, 0.2) is 11.3 Å². The van der Waals surface area contributed by atoms with Crippen molar-refractivity contribution in [3.8, 4) is 22.8 Å². The number of nitrogens with one attached hydrogen (secondary N) is 1. The maximum absolute atomic E-state index is 12.7. The summed E-state index contributed by atoms with van der Waals surface area (Å²) in [5, 5.41) is 14.1. The van der Waals surface area contributed by atoms with Gasteiger partial charge in [0.1, 0.15) is 11.3 Å². The zero-order valence-electron chi connectivity index (χ0n) is 19.7. The molecule has 0 bridgehead atoms. The zero-order chi connectivity index (χ0) is 25.2. The molecule has 0 aliphatic carbocycles. The summed E-state index contributed by atoms with van der Waals surface area (Å²) in [6, 6.07) is 22.5. The Morgan fingerprint density at radius 2 is 1.81 bits per heavy atom. The molecule has 0 saturated heterocycles. The molecule has 0 fully saturated rings. The molecule has 2 heterocycles. The van der Waals surface area contributed by atoms with Crippen LogP contribution in [0.5, 0.6) is 0 Å². The SMILES string of the molecule is CCC(C)c1ccc2oc(-c3ccc(NC(=O)c4ccc(-c5ccccc5[N+](=O)[O-])o4)cc3)nc2c1. The van der Waals surface area contributed by atoms with Gasteiger partial charge in [0, 0.05) is 17.3 Å². The van der Waals surface area contributed by atoms with Crippen molar-refractivity contribution in [1.82, 2.24) is 4.98 Å². The number of nitro benzene ring substituents is 1. The second-order valence-corrected chi connectivity index (χ2v) is 8.53. The van der Waals surface area contributed by atoms with Gasteiger partial charge in [-0.15, -0.1) is 0 Å². The molecule has 1 atom stereocenters. The van der Waals surface area contributed by atoms with E-state index >= 15 is 0 Å². The van der Waals surface area contributed by atoms with Gasteiger partial charge < -0.3 is 14.2 Å². The summed E-state index contributed by atoms with van der Waals surface area (Å²) < 4.78 is 11.5. The largest absolute Gasteiger partial charge is 0.451 e. The summed E-state index contributed by atoms with van der Waals surface area (Å²) in [6.45, 7) is 4.34. The summed E-state index contributed by atoms with van der Waals surface area (Å²) in [4.78, 5) is 28.1. The molecule has 8 heteroatoms. The predicted octanol–water partition coefficient (Wildman–Crippen LogP) is 7.43. The fraction of sp³-hybridized carbons (Fsp3) is 0.143. The van der Waals surface area contributed by atoms with Crippen LogP contribution in [0, 0.1) is 10.1 Å². The number of carbonyl (C=O) groups is 1. The van der Waals surface area contributed by atoms with Crippen LogP contribution in [0.15, 0.2) is 87.7 Å². The van der Waals surface area contributed by atoms with Gasteiger partial charge in [-0.2, -0.15) is 0 Å². The van der Waals surface area contributed by atoms with Gasteiger partial charge in [-0.3, -0.25) is 14.9 Å². The van der Waals surface area contributed by atoms with Crippen LogP contribution in [0.25, 0.3) is 33.9 Å². The summed E-state index contributed by atoms with van der Waals surface area (Å²) in [5.41, 5.74) is 4.32. The molecule has 0 radical (unpaired) electrons. The number of anilines is 1. The molecule has 1 amide bonds. The average molecular weight is 482 g/mol. The van der Waals surface area contributed by atoms with E-state index < -0.39 is 10.8 Å². The van der Waals surface area contributed by atoms with E-state index in [1.54, 1.807) is 36.4 Å². The second kappa shape index (κ2) is 9.50. The molecule has 0 aliphatic heterocycles. The van der Waals surface area contributed by atoms with Crippen LogP contribution in [0.2, 0.25) is 0 Å². The average Bonchev–Trinajstić information content (AvgIpc) is 3.56. The Hall–Kier alpha value is -4.72. The molecule has 3 aromatic carbocycles. The number of carbonyl (C=O) groups excluding carboxylic acids is 1. The molecular weight excluding hydrogens is 458 g/mol. The van der Waals surface area contributed by atoms with Crippen molar-refractivity contribution in [3.63, 3.8) is 0 Å².